The molecule has 2 aromatic carbocycles. The minimum Gasteiger partial charge on any atom is -0.274 e. The fourth-order valence-corrected chi connectivity index (χ4v) is 4.85. The Balaban J connectivity index is 1.59. The SMILES string of the molecule is O=C1C2C3C=CC(CCC3)C2C(=O)N1c1ccc2ccccc2c1. The quantitative estimate of drug-likeness (QED) is 0.590. The highest BCUT2D eigenvalue weighted by Gasteiger charge is 2.55. The summed E-state index contributed by atoms with van der Waals surface area (Å²) in [6.07, 6.45) is 7.55. The summed E-state index contributed by atoms with van der Waals surface area (Å²) in [4.78, 5) is 27.7. The van der Waals surface area contributed by atoms with Crippen LogP contribution in [0.5, 0.6) is 0 Å². The van der Waals surface area contributed by atoms with Gasteiger partial charge in [0.2, 0.25) is 11.8 Å². The Morgan fingerprint density at radius 2 is 1.42 bits per heavy atom. The molecule has 2 bridgehead atoms. The molecule has 1 saturated carbocycles. The fraction of sp³-hybridized carbons (Fsp3) is 0.333. The van der Waals surface area contributed by atoms with Crippen LogP contribution in [-0.2, 0) is 9.59 Å². The molecule has 2 amide bonds. The maximum Gasteiger partial charge on any atom is 0.238 e. The number of hydrogen-bond donors (Lipinski definition) is 0. The summed E-state index contributed by atoms with van der Waals surface area (Å²) in [6, 6.07) is 13.9. The lowest BCUT2D eigenvalue weighted by molar-refractivity contribution is -0.122. The highest BCUT2D eigenvalue weighted by atomic mass is 16.2. The van der Waals surface area contributed by atoms with E-state index in [1.807, 2.05) is 42.5 Å². The van der Waals surface area contributed by atoms with E-state index in [4.69, 9.17) is 0 Å². The molecule has 24 heavy (non-hydrogen) atoms. The zero-order valence-corrected chi connectivity index (χ0v) is 13.4. The Bertz CT molecular complexity index is 852. The molecule has 3 aliphatic carbocycles. The van der Waals surface area contributed by atoms with Gasteiger partial charge in [0.15, 0.2) is 0 Å². The Labute approximate surface area is 141 Å². The predicted molar refractivity (Wildman–Crippen MR) is 93.4 cm³/mol. The lowest BCUT2D eigenvalue weighted by Crippen LogP contribution is -2.32. The lowest BCUT2D eigenvalue weighted by Gasteiger charge is -2.27. The van der Waals surface area contributed by atoms with Crippen LogP contribution in [0, 0.1) is 23.7 Å². The zero-order valence-electron chi connectivity index (χ0n) is 13.4. The van der Waals surface area contributed by atoms with E-state index in [2.05, 4.69) is 12.2 Å². The van der Waals surface area contributed by atoms with Crippen LogP contribution in [0.4, 0.5) is 5.69 Å². The molecule has 120 valence electrons. The zero-order chi connectivity index (χ0) is 16.3. The van der Waals surface area contributed by atoms with Gasteiger partial charge >= 0.3 is 0 Å². The minimum absolute atomic E-state index is 0.00142. The smallest absolute Gasteiger partial charge is 0.238 e. The number of carbonyl (C=O) groups is 2. The first-order valence-corrected chi connectivity index (χ1v) is 8.79. The molecule has 6 rings (SSSR count). The van der Waals surface area contributed by atoms with Crippen molar-refractivity contribution in [2.75, 3.05) is 4.90 Å². The van der Waals surface area contributed by atoms with Gasteiger partial charge in [-0.05, 0) is 47.6 Å². The van der Waals surface area contributed by atoms with Gasteiger partial charge < -0.3 is 0 Å². The molecule has 4 unspecified atom stereocenters. The molecule has 2 fully saturated rings. The van der Waals surface area contributed by atoms with E-state index < -0.39 is 0 Å². The molecule has 2 aromatic rings. The van der Waals surface area contributed by atoms with Crippen molar-refractivity contribution in [3.63, 3.8) is 0 Å². The third-order valence-electron chi connectivity index (χ3n) is 5.99. The van der Waals surface area contributed by atoms with Crippen molar-refractivity contribution in [2.24, 2.45) is 23.7 Å². The highest BCUT2D eigenvalue weighted by Crippen LogP contribution is 2.48. The molecule has 0 spiro atoms. The van der Waals surface area contributed by atoms with Crippen molar-refractivity contribution in [3.05, 3.63) is 54.6 Å². The standard InChI is InChI=1S/C21H19NO2/c23-20-18-14-6-3-7-15(9-8-14)19(18)21(24)22(20)17-11-10-13-4-1-2-5-16(13)12-17/h1-2,4-5,8-12,14-15,18-19H,3,6-7H2. The van der Waals surface area contributed by atoms with Gasteiger partial charge in [-0.2, -0.15) is 0 Å². The summed E-state index contributed by atoms with van der Waals surface area (Å²) in [7, 11) is 0. The molecular weight excluding hydrogens is 298 g/mol. The maximum absolute atomic E-state index is 13.1. The fourth-order valence-electron chi connectivity index (χ4n) is 4.85. The Hall–Kier alpha value is -2.42. The molecular formula is C21H19NO2. The molecule has 1 aliphatic heterocycles. The first-order chi connectivity index (χ1) is 11.7. The number of carbonyl (C=O) groups excluding carboxylic acids is 2. The van der Waals surface area contributed by atoms with Gasteiger partial charge in [0.1, 0.15) is 0 Å². The number of fused-ring (bicyclic) bond motifs is 3. The number of nitrogens with zero attached hydrogens (tertiary/aromatic N) is 1. The van der Waals surface area contributed by atoms with Crippen LogP contribution in [0.3, 0.4) is 0 Å². The van der Waals surface area contributed by atoms with Crippen LogP contribution in [0.1, 0.15) is 19.3 Å². The number of imide groups is 1. The predicted octanol–water partition coefficient (Wildman–Crippen LogP) is 3.93. The van der Waals surface area contributed by atoms with Gasteiger partial charge in [0.05, 0.1) is 17.5 Å². The summed E-state index contributed by atoms with van der Waals surface area (Å²) < 4.78 is 0. The van der Waals surface area contributed by atoms with Crippen LogP contribution < -0.4 is 4.90 Å². The number of amides is 2. The molecule has 3 heteroatoms. The van der Waals surface area contributed by atoms with Gasteiger partial charge in [-0.1, -0.05) is 48.9 Å². The molecule has 0 aromatic heterocycles. The van der Waals surface area contributed by atoms with E-state index in [1.165, 1.54) is 4.90 Å². The van der Waals surface area contributed by atoms with E-state index in [0.717, 1.165) is 35.7 Å². The Morgan fingerprint density at radius 3 is 2.08 bits per heavy atom. The molecule has 0 N–H and O–H groups in total. The summed E-state index contributed by atoms with van der Waals surface area (Å²) in [5.74, 6) is 0.164. The van der Waals surface area contributed by atoms with Crippen molar-refractivity contribution < 1.29 is 9.59 Å². The average Bonchev–Trinajstić information content (AvgIpc) is 2.82. The third kappa shape index (κ3) is 1.84. The molecule has 0 radical (unpaired) electrons. The van der Waals surface area contributed by atoms with Gasteiger partial charge in [-0.15, -0.1) is 0 Å². The normalized spacial score (nSPS) is 31.6. The molecule has 1 saturated heterocycles. The Morgan fingerprint density at radius 1 is 0.792 bits per heavy atom. The van der Waals surface area contributed by atoms with Crippen molar-refractivity contribution in [2.45, 2.75) is 19.3 Å². The number of benzene rings is 2. The summed E-state index contributed by atoms with van der Waals surface area (Å²) in [5.41, 5.74) is 0.719. The monoisotopic (exact) mass is 317 g/mol. The van der Waals surface area contributed by atoms with Gasteiger partial charge in [0, 0.05) is 0 Å². The second-order valence-corrected chi connectivity index (χ2v) is 7.24. The maximum atomic E-state index is 13.1. The van der Waals surface area contributed by atoms with E-state index in [0.29, 0.717) is 0 Å². The van der Waals surface area contributed by atoms with Crippen LogP contribution in [0.15, 0.2) is 54.6 Å². The second kappa shape index (κ2) is 5.04. The summed E-state index contributed by atoms with van der Waals surface area (Å²) >= 11 is 0. The minimum atomic E-state index is -0.151. The van der Waals surface area contributed by atoms with Crippen molar-refractivity contribution >= 4 is 28.3 Å². The van der Waals surface area contributed by atoms with Gasteiger partial charge in [-0.25, -0.2) is 4.90 Å². The number of anilines is 1. The Kier molecular flexibility index (Phi) is 2.93. The number of rotatable bonds is 1. The average molecular weight is 317 g/mol. The number of hydrogen-bond acceptors (Lipinski definition) is 2. The van der Waals surface area contributed by atoms with Crippen molar-refractivity contribution in [1.82, 2.24) is 0 Å². The van der Waals surface area contributed by atoms with Crippen LogP contribution in [-0.4, -0.2) is 11.8 Å². The van der Waals surface area contributed by atoms with Gasteiger partial charge in [-0.3, -0.25) is 9.59 Å². The van der Waals surface area contributed by atoms with E-state index in [-0.39, 0.29) is 35.5 Å². The topological polar surface area (TPSA) is 37.4 Å². The van der Waals surface area contributed by atoms with E-state index >= 15 is 0 Å². The van der Waals surface area contributed by atoms with E-state index in [1.54, 1.807) is 0 Å². The third-order valence-corrected chi connectivity index (χ3v) is 5.99. The van der Waals surface area contributed by atoms with Crippen molar-refractivity contribution in [3.8, 4) is 0 Å². The number of allylic oxidation sites excluding steroid dienone is 2. The lowest BCUT2D eigenvalue weighted by atomic mass is 9.73. The van der Waals surface area contributed by atoms with Crippen LogP contribution in [0.25, 0.3) is 10.8 Å². The van der Waals surface area contributed by atoms with Crippen LogP contribution >= 0.6 is 0 Å². The molecule has 4 aliphatic rings. The molecule has 1 heterocycles. The second-order valence-electron chi connectivity index (χ2n) is 7.24. The largest absolute Gasteiger partial charge is 0.274 e. The molecule has 4 atom stereocenters. The highest BCUT2D eigenvalue weighted by molar-refractivity contribution is 6.23. The summed E-state index contributed by atoms with van der Waals surface area (Å²) in [5, 5.41) is 2.18. The van der Waals surface area contributed by atoms with E-state index in [9.17, 15) is 9.59 Å². The first-order valence-electron chi connectivity index (χ1n) is 8.79. The van der Waals surface area contributed by atoms with Gasteiger partial charge in [0.25, 0.3) is 0 Å². The molecule has 3 nitrogen and oxygen atoms in total. The van der Waals surface area contributed by atoms with Crippen molar-refractivity contribution in [1.29, 1.82) is 0 Å². The van der Waals surface area contributed by atoms with Crippen LogP contribution in [0.2, 0.25) is 0 Å². The first kappa shape index (κ1) is 14.0. The summed E-state index contributed by atoms with van der Waals surface area (Å²) in [6.45, 7) is 0.